The predicted octanol–water partition coefficient (Wildman–Crippen LogP) is 2.29. The highest BCUT2D eigenvalue weighted by atomic mass is 19.4. The summed E-state index contributed by atoms with van der Waals surface area (Å²) in [5.74, 6) is -2.76. The normalized spacial score (nSPS) is 16.3. The fourth-order valence-electron chi connectivity index (χ4n) is 2.90. The van der Waals surface area contributed by atoms with Crippen LogP contribution < -0.4 is 0 Å². The number of carboxylic acids is 1. The van der Waals surface area contributed by atoms with E-state index in [1.807, 2.05) is 17.2 Å². The van der Waals surface area contributed by atoms with E-state index >= 15 is 0 Å². The summed E-state index contributed by atoms with van der Waals surface area (Å²) < 4.78 is 33.8. The van der Waals surface area contributed by atoms with Crippen LogP contribution in [0.15, 0.2) is 12.3 Å². The maximum atomic E-state index is 12.2. The second-order valence-electron chi connectivity index (χ2n) is 6.60. The minimum atomic E-state index is -5.08. The van der Waals surface area contributed by atoms with Crippen LogP contribution in [0.3, 0.4) is 0 Å². The first-order valence-electron chi connectivity index (χ1n) is 9.02. The first-order chi connectivity index (χ1) is 13.0. The van der Waals surface area contributed by atoms with Gasteiger partial charge in [-0.25, -0.2) is 9.59 Å². The molecule has 1 aliphatic heterocycles. The van der Waals surface area contributed by atoms with E-state index in [0.717, 1.165) is 38.3 Å². The molecule has 1 aliphatic rings. The fourth-order valence-corrected chi connectivity index (χ4v) is 2.90. The van der Waals surface area contributed by atoms with Crippen LogP contribution in [0.1, 0.15) is 32.0 Å². The van der Waals surface area contributed by atoms with E-state index in [0.29, 0.717) is 6.54 Å². The van der Waals surface area contributed by atoms with Gasteiger partial charge < -0.3 is 19.8 Å². The number of urea groups is 1. The zero-order valence-electron chi connectivity index (χ0n) is 16.6. The monoisotopic (exact) mass is 407 g/mol. The Labute approximate surface area is 162 Å². The van der Waals surface area contributed by atoms with Crippen molar-refractivity contribution in [2.45, 2.75) is 39.0 Å². The molecular weight excluding hydrogens is 379 g/mol. The first-order valence-corrected chi connectivity index (χ1v) is 9.02. The molecule has 160 valence electrons. The van der Waals surface area contributed by atoms with Gasteiger partial charge in [0, 0.05) is 33.4 Å². The van der Waals surface area contributed by atoms with E-state index in [1.165, 1.54) is 0 Å². The van der Waals surface area contributed by atoms with Crippen LogP contribution in [-0.4, -0.2) is 88.0 Å². The summed E-state index contributed by atoms with van der Waals surface area (Å²) in [4.78, 5) is 27.1. The molecule has 1 N–H and O–H groups in total. The average Bonchev–Trinajstić information content (AvgIpc) is 3.10. The van der Waals surface area contributed by atoms with Gasteiger partial charge in [0.1, 0.15) is 0 Å². The highest BCUT2D eigenvalue weighted by Gasteiger charge is 2.38. The average molecular weight is 407 g/mol. The molecule has 2 heterocycles. The molecule has 0 aromatic carbocycles. The number of hydrogen-bond donors (Lipinski definition) is 1. The second-order valence-corrected chi connectivity index (χ2v) is 6.60. The van der Waals surface area contributed by atoms with E-state index in [2.05, 4.69) is 28.5 Å². The van der Waals surface area contributed by atoms with E-state index in [1.54, 1.807) is 19.0 Å². The lowest BCUT2D eigenvalue weighted by Gasteiger charge is -2.36. The Kier molecular flexibility index (Phi) is 8.73. The summed E-state index contributed by atoms with van der Waals surface area (Å²) >= 11 is 0. The van der Waals surface area contributed by atoms with Gasteiger partial charge in [0.2, 0.25) is 0 Å². The zero-order valence-corrected chi connectivity index (χ0v) is 16.6. The maximum Gasteiger partial charge on any atom is 0.490 e. The van der Waals surface area contributed by atoms with E-state index in [4.69, 9.17) is 9.90 Å². The maximum absolute atomic E-state index is 12.2. The highest BCUT2D eigenvalue weighted by Crippen LogP contribution is 2.23. The molecule has 2 rings (SSSR count). The van der Waals surface area contributed by atoms with Crippen LogP contribution in [0.2, 0.25) is 0 Å². The number of carbonyl (C=O) groups is 2. The van der Waals surface area contributed by atoms with Crippen LogP contribution in [0.4, 0.5) is 18.0 Å². The summed E-state index contributed by atoms with van der Waals surface area (Å²) in [5.41, 5.74) is 1.13. The molecule has 2 amide bonds. The molecule has 0 saturated heterocycles. The Morgan fingerprint density at radius 1 is 1.29 bits per heavy atom. The van der Waals surface area contributed by atoms with Gasteiger partial charge in [-0.3, -0.25) is 4.68 Å². The van der Waals surface area contributed by atoms with Gasteiger partial charge in [-0.1, -0.05) is 13.8 Å². The second kappa shape index (κ2) is 10.3. The van der Waals surface area contributed by atoms with E-state index < -0.39 is 12.1 Å². The van der Waals surface area contributed by atoms with Crippen LogP contribution >= 0.6 is 0 Å². The van der Waals surface area contributed by atoms with Gasteiger partial charge in [-0.15, -0.1) is 0 Å². The number of carboxylic acid groups (broad SMARTS) is 1. The number of amides is 2. The predicted molar refractivity (Wildman–Crippen MR) is 96.9 cm³/mol. The number of aromatic nitrogens is 2. The van der Waals surface area contributed by atoms with Crippen LogP contribution in [0.25, 0.3) is 0 Å². The van der Waals surface area contributed by atoms with Crippen molar-refractivity contribution in [3.05, 3.63) is 18.0 Å². The third-order valence-corrected chi connectivity index (χ3v) is 4.45. The molecule has 0 spiro atoms. The molecule has 0 radical (unpaired) electrons. The number of hydrogen-bond acceptors (Lipinski definition) is 4. The summed E-state index contributed by atoms with van der Waals surface area (Å²) in [6.45, 7) is 8.94. The van der Waals surface area contributed by atoms with Crippen molar-refractivity contribution in [3.63, 3.8) is 0 Å². The minimum Gasteiger partial charge on any atom is -0.475 e. The number of carbonyl (C=O) groups excluding carboxylic acids is 1. The number of alkyl halides is 3. The van der Waals surface area contributed by atoms with Crippen molar-refractivity contribution in [2.75, 3.05) is 40.3 Å². The fraction of sp³-hybridized carbons (Fsp3) is 0.706. The molecule has 0 bridgehead atoms. The molecule has 8 nitrogen and oxygen atoms in total. The first kappa shape index (κ1) is 23.7. The van der Waals surface area contributed by atoms with Crippen molar-refractivity contribution in [1.82, 2.24) is 24.5 Å². The molecule has 28 heavy (non-hydrogen) atoms. The summed E-state index contributed by atoms with van der Waals surface area (Å²) in [7, 11) is 3.61. The number of aliphatic carboxylic acids is 1. The van der Waals surface area contributed by atoms with Crippen molar-refractivity contribution in [2.24, 2.45) is 0 Å². The van der Waals surface area contributed by atoms with Gasteiger partial charge in [0.25, 0.3) is 0 Å². The standard InChI is InChI=1S/C15H27N5O.C2HF3O2/c1-5-18(6-2)10-8-14-12-19(15(21)17(3)4)11-13-7-9-16-20(13)14;3-2(4,5)1(6)7/h7,9,14H,5-6,8,10-12H2,1-4H3;(H,6,7). The Hall–Kier alpha value is -2.30. The summed E-state index contributed by atoms with van der Waals surface area (Å²) in [5, 5.41) is 11.6. The quantitative estimate of drug-likeness (QED) is 0.810. The lowest BCUT2D eigenvalue weighted by atomic mass is 10.1. The highest BCUT2D eigenvalue weighted by molar-refractivity contribution is 5.74. The lowest BCUT2D eigenvalue weighted by Crippen LogP contribution is -2.46. The van der Waals surface area contributed by atoms with Gasteiger partial charge in [-0.2, -0.15) is 18.3 Å². The molecule has 0 aliphatic carbocycles. The van der Waals surface area contributed by atoms with Gasteiger partial charge in [-0.05, 0) is 25.6 Å². The number of fused-ring (bicyclic) bond motifs is 1. The van der Waals surface area contributed by atoms with E-state index in [-0.39, 0.29) is 12.1 Å². The van der Waals surface area contributed by atoms with Crippen LogP contribution in [0.5, 0.6) is 0 Å². The molecule has 1 aromatic heterocycles. The third-order valence-electron chi connectivity index (χ3n) is 4.45. The Bertz CT molecular complexity index is 644. The zero-order chi connectivity index (χ0) is 21.5. The Morgan fingerprint density at radius 2 is 1.86 bits per heavy atom. The lowest BCUT2D eigenvalue weighted by molar-refractivity contribution is -0.192. The molecule has 11 heteroatoms. The smallest absolute Gasteiger partial charge is 0.475 e. The van der Waals surface area contributed by atoms with Gasteiger partial charge in [0.05, 0.1) is 18.3 Å². The molecule has 1 unspecified atom stereocenters. The van der Waals surface area contributed by atoms with Crippen molar-refractivity contribution in [1.29, 1.82) is 0 Å². The van der Waals surface area contributed by atoms with Crippen LogP contribution in [-0.2, 0) is 11.3 Å². The number of halogens is 3. The summed E-state index contributed by atoms with van der Waals surface area (Å²) in [6.07, 6.45) is -2.23. The Morgan fingerprint density at radius 3 is 2.32 bits per heavy atom. The topological polar surface area (TPSA) is 81.9 Å². The van der Waals surface area contributed by atoms with Crippen molar-refractivity contribution >= 4 is 12.0 Å². The largest absolute Gasteiger partial charge is 0.490 e. The molecular formula is C17H28F3N5O3. The SMILES string of the molecule is CCN(CC)CCC1CN(C(=O)N(C)C)Cc2ccnn21.O=C(O)C(F)(F)F. The van der Waals surface area contributed by atoms with Gasteiger partial charge >= 0.3 is 18.2 Å². The minimum absolute atomic E-state index is 0.0790. The van der Waals surface area contributed by atoms with Gasteiger partial charge in [0.15, 0.2) is 0 Å². The molecule has 0 saturated carbocycles. The van der Waals surface area contributed by atoms with E-state index in [9.17, 15) is 18.0 Å². The number of rotatable bonds is 5. The van der Waals surface area contributed by atoms with Crippen molar-refractivity contribution < 1.29 is 27.9 Å². The molecule has 1 atom stereocenters. The third kappa shape index (κ3) is 6.70. The Balaban J connectivity index is 0.000000480. The number of nitrogens with zero attached hydrogens (tertiary/aromatic N) is 5. The molecule has 1 aromatic rings. The van der Waals surface area contributed by atoms with Crippen molar-refractivity contribution in [3.8, 4) is 0 Å². The summed E-state index contributed by atoms with van der Waals surface area (Å²) in [6, 6.07) is 2.36. The van der Waals surface area contributed by atoms with Crippen LogP contribution in [0, 0.1) is 0 Å². The molecule has 0 fully saturated rings.